The van der Waals surface area contributed by atoms with Gasteiger partial charge in [-0.3, -0.25) is 14.7 Å². The first-order valence-corrected chi connectivity index (χ1v) is 10.6. The molecule has 6 nitrogen and oxygen atoms in total. The summed E-state index contributed by atoms with van der Waals surface area (Å²) in [6, 6.07) is 16.7. The molecule has 0 saturated carbocycles. The quantitative estimate of drug-likeness (QED) is 0.673. The summed E-state index contributed by atoms with van der Waals surface area (Å²) in [7, 11) is 0. The maximum absolute atomic E-state index is 11.5. The summed E-state index contributed by atoms with van der Waals surface area (Å²) in [4.78, 5) is 21.2. The third-order valence-electron chi connectivity index (χ3n) is 5.98. The molecule has 3 aromatic rings. The van der Waals surface area contributed by atoms with E-state index < -0.39 is 0 Å². The van der Waals surface area contributed by atoms with Gasteiger partial charge >= 0.3 is 0 Å². The van der Waals surface area contributed by atoms with Gasteiger partial charge in [-0.05, 0) is 49.2 Å². The zero-order valence-electron chi connectivity index (χ0n) is 17.6. The van der Waals surface area contributed by atoms with Crippen molar-refractivity contribution in [2.24, 2.45) is 0 Å². The Labute approximate surface area is 188 Å². The average molecular weight is 439 g/mol. The number of pyridine rings is 1. The van der Waals surface area contributed by atoms with Crippen LogP contribution in [0.5, 0.6) is 5.75 Å². The van der Waals surface area contributed by atoms with E-state index in [0.717, 1.165) is 67.4 Å². The molecular weight excluding hydrogens is 412 g/mol. The van der Waals surface area contributed by atoms with E-state index in [1.165, 1.54) is 11.1 Å². The molecule has 0 radical (unpaired) electrons. The number of hydrogen-bond donors (Lipinski definition) is 1. The van der Waals surface area contributed by atoms with Crippen molar-refractivity contribution >= 4 is 40.6 Å². The summed E-state index contributed by atoms with van der Waals surface area (Å²) in [6.45, 7) is 7.19. The van der Waals surface area contributed by atoms with E-state index in [1.807, 2.05) is 19.1 Å². The van der Waals surface area contributed by atoms with E-state index >= 15 is 0 Å². The molecule has 1 amide bonds. The largest absolute Gasteiger partial charge is 0.481 e. The van der Waals surface area contributed by atoms with Crippen LogP contribution in [0.1, 0.15) is 11.3 Å². The molecule has 2 aliphatic heterocycles. The van der Waals surface area contributed by atoms with Gasteiger partial charge < -0.3 is 15.0 Å². The van der Waals surface area contributed by atoms with Crippen LogP contribution in [0.2, 0.25) is 0 Å². The van der Waals surface area contributed by atoms with Gasteiger partial charge in [0.15, 0.2) is 6.61 Å². The van der Waals surface area contributed by atoms with Crippen LogP contribution >= 0.6 is 12.4 Å². The van der Waals surface area contributed by atoms with Crippen molar-refractivity contribution in [3.63, 3.8) is 0 Å². The molecule has 1 aromatic heterocycles. The highest BCUT2D eigenvalue weighted by molar-refractivity contribution is 5.95. The third-order valence-corrected chi connectivity index (χ3v) is 5.98. The monoisotopic (exact) mass is 438 g/mol. The second kappa shape index (κ2) is 9.12. The standard InChI is InChI=1S/C24H26N4O2.ClH/c1-17-8-9-19-20(25-17)5-3-7-22(19)28-14-12-27(13-15-28)11-10-18-4-2-6-21-24(18)30-16-23(29)26-21;/h2-9H,10-16H2,1H3,(H,26,29);1H. The lowest BCUT2D eigenvalue weighted by molar-refractivity contribution is -0.118. The molecular formula is C24H27ClN4O2. The first kappa shape index (κ1) is 21.4. The van der Waals surface area contributed by atoms with E-state index in [4.69, 9.17) is 4.74 Å². The van der Waals surface area contributed by atoms with Crippen molar-refractivity contribution in [3.05, 3.63) is 59.8 Å². The molecule has 2 aromatic carbocycles. The number of rotatable bonds is 4. The number of aryl methyl sites for hydroxylation is 1. The van der Waals surface area contributed by atoms with Crippen LogP contribution in [0, 0.1) is 6.92 Å². The fourth-order valence-electron chi connectivity index (χ4n) is 4.38. The van der Waals surface area contributed by atoms with Crippen molar-refractivity contribution in [2.75, 3.05) is 49.5 Å². The summed E-state index contributed by atoms with van der Waals surface area (Å²) in [5.41, 5.74) is 5.34. The van der Waals surface area contributed by atoms with Crippen LogP contribution in [0.25, 0.3) is 10.9 Å². The number of amides is 1. The molecule has 0 atom stereocenters. The number of fused-ring (bicyclic) bond motifs is 2. The fraction of sp³-hybridized carbons (Fsp3) is 0.333. The summed E-state index contributed by atoms with van der Waals surface area (Å²) in [5, 5.41) is 4.12. The van der Waals surface area contributed by atoms with Gasteiger partial charge in [0.05, 0.1) is 11.2 Å². The Balaban J connectivity index is 0.00000231. The molecule has 7 heteroatoms. The van der Waals surface area contributed by atoms with Crippen LogP contribution in [0.3, 0.4) is 0 Å². The molecule has 31 heavy (non-hydrogen) atoms. The van der Waals surface area contributed by atoms with Crippen molar-refractivity contribution < 1.29 is 9.53 Å². The van der Waals surface area contributed by atoms with Crippen LogP contribution in [0.15, 0.2) is 48.5 Å². The van der Waals surface area contributed by atoms with Crippen LogP contribution in [-0.4, -0.2) is 55.1 Å². The van der Waals surface area contributed by atoms with Gasteiger partial charge in [0.25, 0.3) is 5.91 Å². The van der Waals surface area contributed by atoms with Gasteiger partial charge in [-0.2, -0.15) is 0 Å². The molecule has 0 spiro atoms. The van der Waals surface area contributed by atoms with Gasteiger partial charge in [0, 0.05) is 49.5 Å². The van der Waals surface area contributed by atoms with E-state index in [0.29, 0.717) is 0 Å². The lowest BCUT2D eigenvalue weighted by Gasteiger charge is -2.36. The Morgan fingerprint density at radius 3 is 2.68 bits per heavy atom. The summed E-state index contributed by atoms with van der Waals surface area (Å²) in [5.74, 6) is 0.740. The molecule has 0 bridgehead atoms. The van der Waals surface area contributed by atoms with E-state index in [-0.39, 0.29) is 24.9 Å². The third kappa shape index (κ3) is 4.45. The molecule has 3 heterocycles. The summed E-state index contributed by atoms with van der Waals surface area (Å²) >= 11 is 0. The van der Waals surface area contributed by atoms with Crippen LogP contribution in [-0.2, 0) is 11.2 Å². The number of hydrogen-bond acceptors (Lipinski definition) is 5. The van der Waals surface area contributed by atoms with Crippen LogP contribution in [0.4, 0.5) is 11.4 Å². The normalized spacial score (nSPS) is 16.3. The lowest BCUT2D eigenvalue weighted by Crippen LogP contribution is -2.47. The Kier molecular flexibility index (Phi) is 6.30. The minimum Gasteiger partial charge on any atom is -0.481 e. The average Bonchev–Trinajstić information content (AvgIpc) is 2.77. The van der Waals surface area contributed by atoms with E-state index in [9.17, 15) is 4.79 Å². The zero-order chi connectivity index (χ0) is 20.5. The molecule has 2 aliphatic rings. The van der Waals surface area contributed by atoms with Gasteiger partial charge in [0.2, 0.25) is 0 Å². The predicted octanol–water partition coefficient (Wildman–Crippen LogP) is 3.66. The highest BCUT2D eigenvalue weighted by Crippen LogP contribution is 2.32. The SMILES string of the molecule is Cc1ccc2c(N3CCN(CCc4cccc5c4OCC(=O)N5)CC3)cccc2n1.Cl. The van der Waals surface area contributed by atoms with Crippen molar-refractivity contribution in [3.8, 4) is 5.75 Å². The molecule has 162 valence electrons. The van der Waals surface area contributed by atoms with Gasteiger partial charge in [-0.15, -0.1) is 12.4 Å². The Hall–Kier alpha value is -2.83. The number of piperazine rings is 1. The second-order valence-electron chi connectivity index (χ2n) is 8.01. The highest BCUT2D eigenvalue weighted by atomic mass is 35.5. The highest BCUT2D eigenvalue weighted by Gasteiger charge is 2.21. The Morgan fingerprint density at radius 2 is 1.84 bits per heavy atom. The van der Waals surface area contributed by atoms with Crippen molar-refractivity contribution in [2.45, 2.75) is 13.3 Å². The number of carbonyl (C=O) groups excluding carboxylic acids is 1. The first-order valence-electron chi connectivity index (χ1n) is 10.6. The number of nitrogens with one attached hydrogen (secondary N) is 1. The minimum absolute atomic E-state index is 0. The van der Waals surface area contributed by atoms with Crippen molar-refractivity contribution in [1.29, 1.82) is 0 Å². The second-order valence-corrected chi connectivity index (χ2v) is 8.01. The number of halogens is 1. The van der Waals surface area contributed by atoms with E-state index in [1.54, 1.807) is 0 Å². The summed E-state index contributed by atoms with van der Waals surface area (Å²) in [6.07, 6.45) is 0.913. The minimum atomic E-state index is -0.0884. The molecule has 1 N–H and O–H groups in total. The smallest absolute Gasteiger partial charge is 0.262 e. The topological polar surface area (TPSA) is 57.7 Å². The number of anilines is 2. The van der Waals surface area contributed by atoms with Crippen molar-refractivity contribution in [1.82, 2.24) is 9.88 Å². The molecule has 5 rings (SSSR count). The van der Waals surface area contributed by atoms with Gasteiger partial charge in [0.1, 0.15) is 5.75 Å². The Morgan fingerprint density at radius 1 is 1.03 bits per heavy atom. The number of aromatic nitrogens is 1. The molecule has 1 saturated heterocycles. The number of para-hydroxylation sites is 1. The number of ether oxygens (including phenoxy) is 1. The van der Waals surface area contributed by atoms with E-state index in [2.05, 4.69) is 56.5 Å². The number of carbonyl (C=O) groups is 1. The van der Waals surface area contributed by atoms with Crippen LogP contribution < -0.4 is 15.0 Å². The number of nitrogens with zero attached hydrogens (tertiary/aromatic N) is 3. The molecule has 1 fully saturated rings. The maximum Gasteiger partial charge on any atom is 0.262 e. The zero-order valence-corrected chi connectivity index (χ0v) is 18.5. The number of benzene rings is 2. The van der Waals surface area contributed by atoms with Gasteiger partial charge in [-0.1, -0.05) is 18.2 Å². The molecule has 0 aliphatic carbocycles. The van der Waals surface area contributed by atoms with Gasteiger partial charge in [-0.25, -0.2) is 0 Å². The summed E-state index contributed by atoms with van der Waals surface area (Å²) < 4.78 is 5.69. The fourth-order valence-corrected chi connectivity index (χ4v) is 4.38. The first-order chi connectivity index (χ1) is 14.7. The molecule has 0 unspecified atom stereocenters. The Bertz CT molecular complexity index is 1100. The maximum atomic E-state index is 11.5. The lowest BCUT2D eigenvalue weighted by atomic mass is 10.1. The predicted molar refractivity (Wildman–Crippen MR) is 127 cm³/mol.